The Balaban J connectivity index is 1.12. The largest absolute Gasteiger partial charge is 0.309 e. The van der Waals surface area contributed by atoms with Crippen molar-refractivity contribution in [2.24, 2.45) is 0 Å². The zero-order valence-corrected chi connectivity index (χ0v) is 27.9. The summed E-state index contributed by atoms with van der Waals surface area (Å²) < 4.78 is 5.08. The SMILES string of the molecule is C1=CC(c2cccc(-n3c4ccccc4c4ccc5sc6ccccc6c5c43)c2)=CC(c2nc(-c3ccccc3)nc(-c3ccccc3)n2)C1. The fourth-order valence-electron chi connectivity index (χ4n) is 7.40. The molecule has 0 aliphatic heterocycles. The third-order valence-corrected chi connectivity index (χ3v) is 10.9. The molecule has 0 bridgehead atoms. The molecule has 1 aliphatic carbocycles. The Morgan fingerprint density at radius 2 is 1.24 bits per heavy atom. The maximum atomic E-state index is 5.05. The predicted octanol–water partition coefficient (Wildman–Crippen LogP) is 11.8. The van der Waals surface area contributed by atoms with Gasteiger partial charge in [0.05, 0.1) is 11.0 Å². The molecule has 0 fully saturated rings. The molecule has 50 heavy (non-hydrogen) atoms. The van der Waals surface area contributed by atoms with Crippen molar-refractivity contribution in [1.29, 1.82) is 0 Å². The van der Waals surface area contributed by atoms with E-state index in [1.165, 1.54) is 42.0 Å². The molecule has 6 aromatic carbocycles. The molecule has 10 rings (SSSR count). The highest BCUT2D eigenvalue weighted by atomic mass is 32.1. The van der Waals surface area contributed by atoms with Gasteiger partial charge in [0.1, 0.15) is 5.82 Å². The van der Waals surface area contributed by atoms with Gasteiger partial charge >= 0.3 is 0 Å². The van der Waals surface area contributed by atoms with Crippen LogP contribution in [0.4, 0.5) is 0 Å². The van der Waals surface area contributed by atoms with Crippen LogP contribution in [0.2, 0.25) is 0 Å². The molecule has 3 aromatic heterocycles. The van der Waals surface area contributed by atoms with Crippen molar-refractivity contribution in [1.82, 2.24) is 19.5 Å². The molecule has 9 aromatic rings. The summed E-state index contributed by atoms with van der Waals surface area (Å²) in [5.41, 5.74) is 7.91. The molecular formula is C45H30N4S. The molecule has 0 radical (unpaired) electrons. The van der Waals surface area contributed by atoms with Crippen LogP contribution in [0, 0.1) is 0 Å². The van der Waals surface area contributed by atoms with Gasteiger partial charge in [-0.15, -0.1) is 11.3 Å². The quantitative estimate of drug-likeness (QED) is 0.185. The number of rotatable bonds is 5. The molecule has 3 heterocycles. The van der Waals surface area contributed by atoms with Gasteiger partial charge in [-0.05, 0) is 47.9 Å². The predicted molar refractivity (Wildman–Crippen MR) is 209 cm³/mol. The summed E-state index contributed by atoms with van der Waals surface area (Å²) in [4.78, 5) is 15.0. The monoisotopic (exact) mass is 658 g/mol. The molecule has 236 valence electrons. The van der Waals surface area contributed by atoms with E-state index in [1.807, 2.05) is 47.7 Å². The summed E-state index contributed by atoms with van der Waals surface area (Å²) in [6.45, 7) is 0. The first-order valence-corrected chi connectivity index (χ1v) is 17.8. The molecule has 0 saturated heterocycles. The number of aromatic nitrogens is 4. The minimum atomic E-state index is 0.0108. The number of hydrogen-bond acceptors (Lipinski definition) is 4. The third kappa shape index (κ3) is 4.78. The van der Waals surface area contributed by atoms with E-state index in [-0.39, 0.29) is 5.92 Å². The van der Waals surface area contributed by atoms with Gasteiger partial charge in [-0.3, -0.25) is 0 Å². The molecule has 5 heteroatoms. The lowest BCUT2D eigenvalue weighted by molar-refractivity contribution is 0.766. The van der Waals surface area contributed by atoms with Crippen LogP contribution in [0.5, 0.6) is 0 Å². The van der Waals surface area contributed by atoms with E-state index in [4.69, 9.17) is 15.0 Å². The van der Waals surface area contributed by atoms with E-state index < -0.39 is 0 Å². The van der Waals surface area contributed by atoms with Gasteiger partial charge in [0.15, 0.2) is 11.6 Å². The highest BCUT2D eigenvalue weighted by Crippen LogP contribution is 2.43. The molecule has 0 amide bonds. The van der Waals surface area contributed by atoms with E-state index in [0.717, 1.165) is 40.2 Å². The summed E-state index contributed by atoms with van der Waals surface area (Å²) in [6.07, 6.45) is 7.64. The van der Waals surface area contributed by atoms with Crippen LogP contribution >= 0.6 is 11.3 Å². The third-order valence-electron chi connectivity index (χ3n) is 9.73. The highest BCUT2D eigenvalue weighted by Gasteiger charge is 2.21. The zero-order chi connectivity index (χ0) is 33.0. The van der Waals surface area contributed by atoms with Crippen molar-refractivity contribution in [3.8, 4) is 28.5 Å². The summed E-state index contributed by atoms with van der Waals surface area (Å²) in [6, 6.07) is 51.5. The van der Waals surface area contributed by atoms with E-state index in [0.29, 0.717) is 11.6 Å². The van der Waals surface area contributed by atoms with Crippen LogP contribution in [0.25, 0.3) is 76.0 Å². The van der Waals surface area contributed by atoms with Gasteiger partial charge in [0.25, 0.3) is 0 Å². The topological polar surface area (TPSA) is 43.6 Å². The molecular weight excluding hydrogens is 629 g/mol. The summed E-state index contributed by atoms with van der Waals surface area (Å²) in [5.74, 6) is 2.18. The minimum absolute atomic E-state index is 0.0108. The average molecular weight is 659 g/mol. The molecule has 0 saturated carbocycles. The van der Waals surface area contributed by atoms with Crippen LogP contribution in [0.15, 0.2) is 164 Å². The number of hydrogen-bond donors (Lipinski definition) is 0. The van der Waals surface area contributed by atoms with Gasteiger partial charge in [-0.2, -0.15) is 0 Å². The lowest BCUT2D eigenvalue weighted by Crippen LogP contribution is -2.09. The first kappa shape index (κ1) is 28.8. The van der Waals surface area contributed by atoms with E-state index in [9.17, 15) is 0 Å². The van der Waals surface area contributed by atoms with Gasteiger partial charge in [0, 0.05) is 53.7 Å². The van der Waals surface area contributed by atoms with E-state index in [2.05, 4.69) is 132 Å². The molecule has 1 atom stereocenters. The van der Waals surface area contributed by atoms with Crippen molar-refractivity contribution in [3.05, 3.63) is 175 Å². The van der Waals surface area contributed by atoms with Gasteiger partial charge in [0.2, 0.25) is 0 Å². The van der Waals surface area contributed by atoms with Crippen LogP contribution in [-0.4, -0.2) is 19.5 Å². The standard InChI is InChI=1S/C45H30N4S/c1-3-13-29(14-4-1)43-46-44(30-15-5-2-6-16-30)48-45(47-43)33-19-11-17-31(27-33)32-18-12-20-34(28-32)49-38-23-9-7-21-35(38)36-25-26-40-41(42(36)49)37-22-8-10-24-39(37)50-40/h1-18,20-28,33H,19H2. The highest BCUT2D eigenvalue weighted by molar-refractivity contribution is 7.26. The number of nitrogens with zero attached hydrogens (tertiary/aromatic N) is 4. The van der Waals surface area contributed by atoms with Crippen molar-refractivity contribution in [2.75, 3.05) is 0 Å². The number of allylic oxidation sites excluding steroid dienone is 4. The molecule has 4 nitrogen and oxygen atoms in total. The number of fused-ring (bicyclic) bond motifs is 7. The normalized spacial score (nSPS) is 14.6. The minimum Gasteiger partial charge on any atom is -0.309 e. The van der Waals surface area contributed by atoms with Gasteiger partial charge in [-0.25, -0.2) is 15.0 Å². The summed E-state index contributed by atoms with van der Waals surface area (Å²) >= 11 is 1.87. The Kier molecular flexibility index (Phi) is 6.78. The Morgan fingerprint density at radius 1 is 0.560 bits per heavy atom. The Hall–Kier alpha value is -6.17. The number of para-hydroxylation sites is 1. The maximum absolute atomic E-state index is 5.05. The molecule has 1 unspecified atom stereocenters. The fourth-order valence-corrected chi connectivity index (χ4v) is 8.51. The number of benzene rings is 6. The van der Waals surface area contributed by atoms with Crippen LogP contribution in [0.3, 0.4) is 0 Å². The molecule has 1 aliphatic rings. The van der Waals surface area contributed by atoms with Crippen LogP contribution in [0.1, 0.15) is 23.7 Å². The summed E-state index contributed by atoms with van der Waals surface area (Å²) in [5, 5.41) is 5.17. The Morgan fingerprint density at radius 3 is 2.02 bits per heavy atom. The second kappa shape index (κ2) is 11.8. The smallest absolute Gasteiger partial charge is 0.163 e. The van der Waals surface area contributed by atoms with Crippen molar-refractivity contribution < 1.29 is 0 Å². The van der Waals surface area contributed by atoms with Crippen molar-refractivity contribution in [3.63, 3.8) is 0 Å². The first-order valence-electron chi connectivity index (χ1n) is 17.0. The first-order chi connectivity index (χ1) is 24.8. The van der Waals surface area contributed by atoms with E-state index in [1.54, 1.807) is 0 Å². The lowest BCUT2D eigenvalue weighted by atomic mass is 9.91. The van der Waals surface area contributed by atoms with Gasteiger partial charge < -0.3 is 4.57 Å². The number of thiophene rings is 1. The Bertz CT molecular complexity index is 2730. The van der Waals surface area contributed by atoms with Crippen molar-refractivity contribution in [2.45, 2.75) is 12.3 Å². The van der Waals surface area contributed by atoms with Crippen molar-refractivity contribution >= 4 is 58.9 Å². The van der Waals surface area contributed by atoms with Gasteiger partial charge in [-0.1, -0.05) is 133 Å². The fraction of sp³-hybridized carbons (Fsp3) is 0.0444. The lowest BCUT2D eigenvalue weighted by Gasteiger charge is -2.18. The molecule has 0 spiro atoms. The second-order valence-electron chi connectivity index (χ2n) is 12.8. The maximum Gasteiger partial charge on any atom is 0.163 e. The Labute approximate surface area is 293 Å². The second-order valence-corrected chi connectivity index (χ2v) is 13.9. The zero-order valence-electron chi connectivity index (χ0n) is 27.1. The summed E-state index contributed by atoms with van der Waals surface area (Å²) in [7, 11) is 0. The van der Waals surface area contributed by atoms with E-state index >= 15 is 0 Å². The average Bonchev–Trinajstić information content (AvgIpc) is 3.74. The molecule has 0 N–H and O–H groups in total. The van der Waals surface area contributed by atoms with Crippen LogP contribution < -0.4 is 0 Å². The van der Waals surface area contributed by atoms with Crippen LogP contribution in [-0.2, 0) is 0 Å².